The van der Waals surface area contributed by atoms with Crippen molar-refractivity contribution >= 4 is 10.8 Å². The molecular formula is C15H18O2. The van der Waals surface area contributed by atoms with Gasteiger partial charge in [-0.05, 0) is 22.9 Å². The molecule has 0 unspecified atom stereocenters. The molecule has 2 heteroatoms. The van der Waals surface area contributed by atoms with Crippen molar-refractivity contribution in [3.63, 3.8) is 0 Å². The number of rotatable bonds is 3. The van der Waals surface area contributed by atoms with Crippen LogP contribution in [-0.4, -0.2) is 12.2 Å². The van der Waals surface area contributed by atoms with E-state index < -0.39 is 0 Å². The van der Waals surface area contributed by atoms with Gasteiger partial charge in [0.15, 0.2) is 0 Å². The lowest BCUT2D eigenvalue weighted by Crippen LogP contribution is -2.09. The molecule has 2 rings (SSSR count). The average molecular weight is 230 g/mol. The summed E-state index contributed by atoms with van der Waals surface area (Å²) in [5, 5.41) is 11.8. The Morgan fingerprint density at radius 3 is 2.24 bits per heavy atom. The van der Waals surface area contributed by atoms with E-state index in [-0.39, 0.29) is 6.10 Å². The molecule has 0 aliphatic rings. The first-order chi connectivity index (χ1) is 8.15. The van der Waals surface area contributed by atoms with Crippen molar-refractivity contribution in [2.75, 3.05) is 7.11 Å². The van der Waals surface area contributed by atoms with Crippen LogP contribution in [0.25, 0.3) is 10.8 Å². The van der Waals surface area contributed by atoms with E-state index in [2.05, 4.69) is 13.8 Å². The third kappa shape index (κ3) is 2.13. The number of hydrogen-bond acceptors (Lipinski definition) is 2. The molecule has 2 aromatic rings. The van der Waals surface area contributed by atoms with Crippen molar-refractivity contribution in [1.29, 1.82) is 0 Å². The minimum atomic E-state index is 0.0560. The summed E-state index contributed by atoms with van der Waals surface area (Å²) >= 11 is 0. The highest BCUT2D eigenvalue weighted by Gasteiger charge is 2.18. The maximum Gasteiger partial charge on any atom is 0.123 e. The van der Waals surface area contributed by atoms with Gasteiger partial charge >= 0.3 is 0 Å². The topological polar surface area (TPSA) is 29.5 Å². The van der Waals surface area contributed by atoms with Gasteiger partial charge in [0.25, 0.3) is 0 Å². The Morgan fingerprint density at radius 1 is 1.00 bits per heavy atom. The molecule has 0 aromatic heterocycles. The van der Waals surface area contributed by atoms with Gasteiger partial charge in [-0.15, -0.1) is 0 Å². The Kier molecular flexibility index (Phi) is 3.34. The molecule has 1 N–H and O–H groups in total. The molecule has 0 bridgehead atoms. The lowest BCUT2D eigenvalue weighted by molar-refractivity contribution is 0.0658. The number of aromatic hydroxyl groups is 1. The summed E-state index contributed by atoms with van der Waals surface area (Å²) in [6, 6.07) is 11.6. The molecule has 0 saturated heterocycles. The molecule has 0 aliphatic carbocycles. The second-order valence-electron chi connectivity index (χ2n) is 4.62. The molecule has 1 atom stereocenters. The molecule has 17 heavy (non-hydrogen) atoms. The van der Waals surface area contributed by atoms with E-state index in [4.69, 9.17) is 4.74 Å². The van der Waals surface area contributed by atoms with E-state index in [0.29, 0.717) is 11.7 Å². The van der Waals surface area contributed by atoms with Crippen LogP contribution in [0.15, 0.2) is 36.4 Å². The van der Waals surface area contributed by atoms with Gasteiger partial charge in [-0.1, -0.05) is 44.2 Å². The molecule has 0 amide bonds. The van der Waals surface area contributed by atoms with Crippen molar-refractivity contribution in [3.8, 4) is 5.75 Å². The molecule has 0 radical (unpaired) electrons. The van der Waals surface area contributed by atoms with Gasteiger partial charge in [0.05, 0.1) is 6.10 Å². The highest BCUT2D eigenvalue weighted by Crippen LogP contribution is 2.34. The van der Waals surface area contributed by atoms with Crippen molar-refractivity contribution in [2.24, 2.45) is 5.92 Å². The van der Waals surface area contributed by atoms with Crippen LogP contribution in [0.3, 0.4) is 0 Å². The average Bonchev–Trinajstić information content (AvgIpc) is 2.33. The van der Waals surface area contributed by atoms with Crippen molar-refractivity contribution in [2.45, 2.75) is 20.0 Å². The Hall–Kier alpha value is -1.54. The number of phenolic OH excluding ortho intramolecular Hbond substituents is 1. The summed E-state index contributed by atoms with van der Waals surface area (Å²) < 4.78 is 5.56. The van der Waals surface area contributed by atoms with Crippen LogP contribution >= 0.6 is 0 Å². The number of methoxy groups -OCH3 is 1. The Bertz CT molecular complexity index is 517. The minimum absolute atomic E-state index is 0.0560. The first-order valence-corrected chi connectivity index (χ1v) is 5.88. The fraction of sp³-hybridized carbons (Fsp3) is 0.333. The normalized spacial score (nSPS) is 13.2. The third-order valence-corrected chi connectivity index (χ3v) is 3.10. The van der Waals surface area contributed by atoms with Gasteiger partial charge in [0.2, 0.25) is 0 Å². The highest BCUT2D eigenvalue weighted by atomic mass is 16.5. The van der Waals surface area contributed by atoms with Crippen LogP contribution in [0.1, 0.15) is 25.5 Å². The zero-order chi connectivity index (χ0) is 12.4. The van der Waals surface area contributed by atoms with Crippen LogP contribution in [0.4, 0.5) is 0 Å². The number of ether oxygens (including phenoxy) is 1. The SMILES string of the molecule is CO[C@@H](c1ccc(O)c2ccccc12)C(C)C. The second-order valence-corrected chi connectivity index (χ2v) is 4.62. The zero-order valence-corrected chi connectivity index (χ0v) is 10.5. The summed E-state index contributed by atoms with van der Waals surface area (Å²) in [6.45, 7) is 4.27. The summed E-state index contributed by atoms with van der Waals surface area (Å²) in [6.07, 6.45) is 0.0560. The first-order valence-electron chi connectivity index (χ1n) is 5.88. The van der Waals surface area contributed by atoms with Crippen molar-refractivity contribution in [1.82, 2.24) is 0 Å². The molecule has 0 saturated carbocycles. The van der Waals surface area contributed by atoms with Crippen molar-refractivity contribution < 1.29 is 9.84 Å². The van der Waals surface area contributed by atoms with E-state index in [1.165, 1.54) is 0 Å². The zero-order valence-electron chi connectivity index (χ0n) is 10.5. The lowest BCUT2D eigenvalue weighted by atomic mass is 9.93. The summed E-state index contributed by atoms with van der Waals surface area (Å²) in [4.78, 5) is 0. The van der Waals surface area contributed by atoms with E-state index >= 15 is 0 Å². The quantitative estimate of drug-likeness (QED) is 0.866. The van der Waals surface area contributed by atoms with E-state index in [1.807, 2.05) is 30.3 Å². The summed E-state index contributed by atoms with van der Waals surface area (Å²) in [5.41, 5.74) is 1.14. The van der Waals surface area contributed by atoms with Gasteiger partial charge in [0, 0.05) is 12.5 Å². The largest absolute Gasteiger partial charge is 0.507 e. The molecule has 0 spiro atoms. The summed E-state index contributed by atoms with van der Waals surface area (Å²) in [5.74, 6) is 0.718. The van der Waals surface area contributed by atoms with Crippen LogP contribution in [-0.2, 0) is 4.74 Å². The number of hydrogen-bond donors (Lipinski definition) is 1. The summed E-state index contributed by atoms with van der Waals surface area (Å²) in [7, 11) is 1.73. The first kappa shape index (κ1) is 11.9. The lowest BCUT2D eigenvalue weighted by Gasteiger charge is -2.21. The Morgan fingerprint density at radius 2 is 1.65 bits per heavy atom. The third-order valence-electron chi connectivity index (χ3n) is 3.10. The van der Waals surface area contributed by atoms with E-state index in [9.17, 15) is 5.11 Å². The Balaban J connectivity index is 2.66. The smallest absolute Gasteiger partial charge is 0.123 e. The van der Waals surface area contributed by atoms with Crippen LogP contribution in [0.2, 0.25) is 0 Å². The molecule has 0 heterocycles. The molecule has 0 aliphatic heterocycles. The fourth-order valence-electron chi connectivity index (χ4n) is 2.31. The van der Waals surface area contributed by atoms with Crippen LogP contribution < -0.4 is 0 Å². The molecule has 0 fully saturated rings. The minimum Gasteiger partial charge on any atom is -0.507 e. The van der Waals surface area contributed by atoms with Gasteiger partial charge in [-0.2, -0.15) is 0 Å². The molecule has 2 nitrogen and oxygen atoms in total. The predicted octanol–water partition coefficient (Wildman–Crippen LogP) is 3.89. The van der Waals surface area contributed by atoms with Gasteiger partial charge < -0.3 is 9.84 Å². The van der Waals surface area contributed by atoms with Gasteiger partial charge in [0.1, 0.15) is 5.75 Å². The van der Waals surface area contributed by atoms with Gasteiger partial charge in [-0.3, -0.25) is 0 Å². The highest BCUT2D eigenvalue weighted by molar-refractivity contribution is 5.91. The monoisotopic (exact) mass is 230 g/mol. The number of phenols is 1. The Labute approximate surface area is 102 Å². The predicted molar refractivity (Wildman–Crippen MR) is 70.2 cm³/mol. The fourth-order valence-corrected chi connectivity index (χ4v) is 2.31. The molecule has 90 valence electrons. The number of fused-ring (bicyclic) bond motifs is 1. The van der Waals surface area contributed by atoms with Crippen LogP contribution in [0, 0.1) is 5.92 Å². The molecule has 2 aromatic carbocycles. The standard InChI is InChI=1S/C15H18O2/c1-10(2)15(17-3)13-8-9-14(16)12-7-5-4-6-11(12)13/h4-10,15-16H,1-3H3/t15-/m1/s1. The van der Waals surface area contributed by atoms with E-state index in [1.54, 1.807) is 13.2 Å². The number of benzene rings is 2. The van der Waals surface area contributed by atoms with Crippen molar-refractivity contribution in [3.05, 3.63) is 42.0 Å². The second kappa shape index (κ2) is 4.76. The molecular weight excluding hydrogens is 212 g/mol. The van der Waals surface area contributed by atoms with Gasteiger partial charge in [-0.25, -0.2) is 0 Å². The van der Waals surface area contributed by atoms with E-state index in [0.717, 1.165) is 16.3 Å². The van der Waals surface area contributed by atoms with Crippen LogP contribution in [0.5, 0.6) is 5.75 Å². The maximum atomic E-state index is 9.85. The maximum absolute atomic E-state index is 9.85.